The van der Waals surface area contributed by atoms with E-state index in [2.05, 4.69) is 29.6 Å². The number of rotatable bonds is 9. The fraction of sp³-hybridized carbons (Fsp3) is 0.200. The molecule has 206 valence electrons. The first kappa shape index (κ1) is 26.4. The Hall–Kier alpha value is -4.84. The Balaban J connectivity index is 1.19. The lowest BCUT2D eigenvalue weighted by atomic mass is 9.94. The summed E-state index contributed by atoms with van der Waals surface area (Å²) in [5.74, 6) is -0.108. The summed E-state index contributed by atoms with van der Waals surface area (Å²) >= 11 is 0. The summed E-state index contributed by atoms with van der Waals surface area (Å²) in [7, 11) is 0. The van der Waals surface area contributed by atoms with Gasteiger partial charge >= 0.3 is 12.1 Å². The van der Waals surface area contributed by atoms with E-state index in [4.69, 9.17) is 14.6 Å². The SMILES string of the molecule is O=C(O)CCCCOc1ccc2c(c1)C=Cc1ccccc1[C@@H]2NC(=O)OCC1c2ccccc2-c2ccccc21. The minimum Gasteiger partial charge on any atom is -0.494 e. The summed E-state index contributed by atoms with van der Waals surface area (Å²) in [5.41, 5.74) is 8.61. The molecular weight excluding hydrogens is 514 g/mol. The van der Waals surface area contributed by atoms with Crippen LogP contribution < -0.4 is 10.1 Å². The summed E-state index contributed by atoms with van der Waals surface area (Å²) < 4.78 is 11.8. The lowest BCUT2D eigenvalue weighted by molar-refractivity contribution is -0.137. The highest BCUT2D eigenvalue weighted by atomic mass is 16.5. The van der Waals surface area contributed by atoms with Crippen LogP contribution in [0.25, 0.3) is 23.3 Å². The number of amides is 1. The lowest BCUT2D eigenvalue weighted by Crippen LogP contribution is -2.31. The Bertz CT molecular complexity index is 1580. The molecule has 2 aliphatic rings. The van der Waals surface area contributed by atoms with Crippen molar-refractivity contribution in [2.24, 2.45) is 0 Å². The zero-order valence-electron chi connectivity index (χ0n) is 22.6. The summed E-state index contributed by atoms with van der Waals surface area (Å²) in [4.78, 5) is 24.1. The third kappa shape index (κ3) is 5.59. The number of carboxylic acids is 1. The van der Waals surface area contributed by atoms with Gasteiger partial charge in [-0.2, -0.15) is 0 Å². The molecule has 0 fully saturated rings. The van der Waals surface area contributed by atoms with Crippen molar-refractivity contribution >= 4 is 24.2 Å². The van der Waals surface area contributed by atoms with E-state index in [-0.39, 0.29) is 18.9 Å². The number of aliphatic carboxylic acids is 1. The fourth-order valence-electron chi connectivity index (χ4n) is 5.80. The molecule has 1 atom stereocenters. The first-order chi connectivity index (χ1) is 20.1. The summed E-state index contributed by atoms with van der Waals surface area (Å²) in [5, 5.41) is 12.0. The molecule has 6 heteroatoms. The number of ether oxygens (including phenoxy) is 2. The smallest absolute Gasteiger partial charge is 0.407 e. The molecule has 0 aliphatic heterocycles. The van der Waals surface area contributed by atoms with Crippen LogP contribution >= 0.6 is 0 Å². The van der Waals surface area contributed by atoms with Crippen molar-refractivity contribution in [3.05, 3.63) is 124 Å². The molecule has 0 unspecified atom stereocenters. The average Bonchev–Trinajstić information content (AvgIpc) is 3.22. The van der Waals surface area contributed by atoms with Crippen molar-refractivity contribution in [3.63, 3.8) is 0 Å². The van der Waals surface area contributed by atoms with E-state index in [1.165, 1.54) is 22.3 Å². The minimum absolute atomic E-state index is 0.0151. The molecule has 4 aromatic carbocycles. The molecular formula is C35H31NO5. The van der Waals surface area contributed by atoms with Crippen LogP contribution in [0.4, 0.5) is 4.79 Å². The number of hydrogen-bond donors (Lipinski definition) is 2. The van der Waals surface area contributed by atoms with Gasteiger partial charge in [0.25, 0.3) is 0 Å². The number of carbonyl (C=O) groups is 2. The van der Waals surface area contributed by atoms with Crippen LogP contribution in [0, 0.1) is 0 Å². The average molecular weight is 546 g/mol. The topological polar surface area (TPSA) is 84.9 Å². The number of hydrogen-bond acceptors (Lipinski definition) is 4. The van der Waals surface area contributed by atoms with Gasteiger partial charge in [0, 0.05) is 12.3 Å². The van der Waals surface area contributed by atoms with Gasteiger partial charge in [0.05, 0.1) is 12.6 Å². The summed E-state index contributed by atoms with van der Waals surface area (Å²) in [6, 6.07) is 30.0. The van der Waals surface area contributed by atoms with E-state index >= 15 is 0 Å². The second-order valence-electron chi connectivity index (χ2n) is 10.4. The predicted octanol–water partition coefficient (Wildman–Crippen LogP) is 7.43. The van der Waals surface area contributed by atoms with Gasteiger partial charge < -0.3 is 19.9 Å². The Morgan fingerprint density at radius 1 is 0.732 bits per heavy atom. The van der Waals surface area contributed by atoms with Crippen molar-refractivity contribution in [1.82, 2.24) is 5.32 Å². The number of carbonyl (C=O) groups excluding carboxylic acids is 1. The lowest BCUT2D eigenvalue weighted by Gasteiger charge is -2.23. The van der Waals surface area contributed by atoms with E-state index in [1.54, 1.807) is 0 Å². The molecule has 0 spiro atoms. The van der Waals surface area contributed by atoms with Crippen molar-refractivity contribution in [2.75, 3.05) is 13.2 Å². The van der Waals surface area contributed by atoms with Gasteiger partial charge in [-0.05, 0) is 69.5 Å². The molecule has 0 saturated heterocycles. The minimum atomic E-state index is -0.797. The van der Waals surface area contributed by atoms with Crippen LogP contribution in [0.1, 0.15) is 64.6 Å². The monoisotopic (exact) mass is 545 g/mol. The summed E-state index contributed by atoms with van der Waals surface area (Å²) in [6.45, 7) is 0.686. The van der Waals surface area contributed by atoms with Gasteiger partial charge in [-0.1, -0.05) is 91.0 Å². The van der Waals surface area contributed by atoms with Crippen LogP contribution in [0.3, 0.4) is 0 Å². The van der Waals surface area contributed by atoms with Gasteiger partial charge in [-0.15, -0.1) is 0 Å². The first-order valence-electron chi connectivity index (χ1n) is 14.0. The number of benzene rings is 4. The van der Waals surface area contributed by atoms with Crippen molar-refractivity contribution in [3.8, 4) is 16.9 Å². The van der Waals surface area contributed by atoms with E-state index in [1.807, 2.05) is 78.9 Å². The molecule has 0 heterocycles. The van der Waals surface area contributed by atoms with Crippen LogP contribution in [0.5, 0.6) is 5.75 Å². The van der Waals surface area contributed by atoms with Gasteiger partial charge in [-0.3, -0.25) is 4.79 Å². The van der Waals surface area contributed by atoms with Gasteiger partial charge in [0.15, 0.2) is 0 Å². The third-order valence-corrected chi connectivity index (χ3v) is 7.78. The molecule has 0 radical (unpaired) electrons. The molecule has 41 heavy (non-hydrogen) atoms. The zero-order chi connectivity index (χ0) is 28.2. The van der Waals surface area contributed by atoms with Gasteiger partial charge in [0.2, 0.25) is 0 Å². The molecule has 0 saturated carbocycles. The highest BCUT2D eigenvalue weighted by Gasteiger charge is 2.30. The van der Waals surface area contributed by atoms with Crippen LogP contribution in [-0.2, 0) is 9.53 Å². The fourth-order valence-corrected chi connectivity index (χ4v) is 5.80. The number of unbranched alkanes of at least 4 members (excludes halogenated alkanes) is 1. The Morgan fingerprint density at radius 2 is 1.37 bits per heavy atom. The second-order valence-corrected chi connectivity index (χ2v) is 10.4. The second kappa shape index (κ2) is 11.7. The highest BCUT2D eigenvalue weighted by Crippen LogP contribution is 2.44. The molecule has 4 aromatic rings. The van der Waals surface area contributed by atoms with E-state index < -0.39 is 18.1 Å². The van der Waals surface area contributed by atoms with Crippen LogP contribution in [0.2, 0.25) is 0 Å². The number of alkyl carbamates (subject to hydrolysis) is 1. The van der Waals surface area contributed by atoms with Crippen LogP contribution in [-0.4, -0.2) is 30.4 Å². The first-order valence-corrected chi connectivity index (χ1v) is 14.0. The Morgan fingerprint density at radius 3 is 2.10 bits per heavy atom. The van der Waals surface area contributed by atoms with Crippen molar-refractivity contribution < 1.29 is 24.2 Å². The van der Waals surface area contributed by atoms with Crippen LogP contribution in [0.15, 0.2) is 91.0 Å². The van der Waals surface area contributed by atoms with Gasteiger partial charge in [0.1, 0.15) is 12.4 Å². The maximum atomic E-state index is 13.3. The highest BCUT2D eigenvalue weighted by molar-refractivity contribution is 5.80. The van der Waals surface area contributed by atoms with Crippen molar-refractivity contribution in [2.45, 2.75) is 31.2 Å². The number of carboxylic acid groups (broad SMARTS) is 1. The third-order valence-electron chi connectivity index (χ3n) is 7.78. The molecule has 1 amide bonds. The maximum Gasteiger partial charge on any atom is 0.407 e. The zero-order valence-corrected chi connectivity index (χ0v) is 22.6. The van der Waals surface area contributed by atoms with E-state index in [0.717, 1.165) is 22.3 Å². The summed E-state index contributed by atoms with van der Waals surface area (Å²) in [6.07, 6.45) is 4.98. The van der Waals surface area contributed by atoms with E-state index in [9.17, 15) is 9.59 Å². The Kier molecular flexibility index (Phi) is 7.54. The molecule has 6 nitrogen and oxygen atoms in total. The molecule has 6 rings (SSSR count). The number of fused-ring (bicyclic) bond motifs is 5. The molecule has 0 bridgehead atoms. The largest absolute Gasteiger partial charge is 0.494 e. The quantitative estimate of drug-likeness (QED) is 0.214. The van der Waals surface area contributed by atoms with E-state index in [0.29, 0.717) is 25.2 Å². The molecule has 2 aliphatic carbocycles. The molecule has 2 N–H and O–H groups in total. The van der Waals surface area contributed by atoms with Crippen molar-refractivity contribution in [1.29, 1.82) is 0 Å². The Labute approximate surface area is 239 Å². The molecule has 0 aromatic heterocycles. The van der Waals surface area contributed by atoms with Gasteiger partial charge in [-0.25, -0.2) is 4.79 Å². The number of nitrogens with one attached hydrogen (secondary N) is 1. The maximum absolute atomic E-state index is 13.3. The normalized spacial score (nSPS) is 14.7. The standard InChI is InChI=1S/C35H31NO5/c37-33(38)15-7-8-20-40-25-18-19-27-24(21-25)17-16-23-9-1-2-10-26(23)34(27)36-35(39)41-22-32-30-13-5-3-11-28(30)29-12-4-6-14-31(29)32/h1-6,9-14,16-19,21,32,34H,7-8,15,20,22H2,(H,36,39)(H,37,38)/t34-/m0/s1. The predicted molar refractivity (Wildman–Crippen MR) is 159 cm³/mol.